The quantitative estimate of drug-likeness (QED) is 0.639. The van der Waals surface area contributed by atoms with Crippen molar-refractivity contribution in [2.45, 2.75) is 6.42 Å². The van der Waals surface area contributed by atoms with E-state index >= 15 is 0 Å². The molecule has 94 valence electrons. The van der Waals surface area contributed by atoms with Crippen molar-refractivity contribution in [3.05, 3.63) is 28.2 Å². The first-order valence-electron chi connectivity index (χ1n) is 5.14. The number of halogens is 1. The van der Waals surface area contributed by atoms with E-state index < -0.39 is 10.8 Å². The lowest BCUT2D eigenvalue weighted by molar-refractivity contribution is 0.0954. The first-order valence-corrected chi connectivity index (χ1v) is 7.66. The zero-order valence-corrected chi connectivity index (χ0v) is 11.9. The van der Waals surface area contributed by atoms with Crippen LogP contribution in [-0.2, 0) is 10.8 Å². The molecule has 0 bridgehead atoms. The Morgan fingerprint density at radius 2 is 2.24 bits per heavy atom. The molecule has 0 radical (unpaired) electrons. The van der Waals surface area contributed by atoms with Gasteiger partial charge in [0.2, 0.25) is 0 Å². The van der Waals surface area contributed by atoms with E-state index in [-0.39, 0.29) is 5.91 Å². The molecule has 0 aliphatic carbocycles. The molecular weight excluding hydrogens is 304 g/mol. The smallest absolute Gasteiger partial charge is 0.251 e. The zero-order chi connectivity index (χ0) is 12.8. The number of anilines is 1. The standard InChI is InChI=1S/C11H15BrN2O2S/c1-17(16)6-2-5-14-11(15)8-3-4-9(12)10(13)7-8/h3-4,7H,2,5-6,13H2,1H3,(H,14,15). The number of carbonyl (C=O) groups is 1. The van der Waals surface area contributed by atoms with Crippen molar-refractivity contribution in [2.75, 3.05) is 24.3 Å². The fourth-order valence-electron chi connectivity index (χ4n) is 1.26. The van der Waals surface area contributed by atoms with E-state index in [4.69, 9.17) is 5.73 Å². The average Bonchev–Trinajstić information content (AvgIpc) is 2.27. The molecule has 1 amide bonds. The number of rotatable bonds is 5. The highest BCUT2D eigenvalue weighted by atomic mass is 79.9. The molecule has 0 aliphatic heterocycles. The third-order valence-electron chi connectivity index (χ3n) is 2.15. The van der Waals surface area contributed by atoms with Crippen molar-refractivity contribution >= 4 is 38.3 Å². The van der Waals surface area contributed by atoms with Crippen LogP contribution in [0.3, 0.4) is 0 Å². The summed E-state index contributed by atoms with van der Waals surface area (Å²) in [6.45, 7) is 0.522. The Morgan fingerprint density at radius 3 is 2.82 bits per heavy atom. The Kier molecular flexibility index (Phi) is 5.64. The second kappa shape index (κ2) is 6.76. The summed E-state index contributed by atoms with van der Waals surface area (Å²) in [5.74, 6) is 0.439. The molecule has 4 nitrogen and oxygen atoms in total. The lowest BCUT2D eigenvalue weighted by Gasteiger charge is -2.06. The maximum atomic E-state index is 11.7. The van der Waals surface area contributed by atoms with E-state index in [0.29, 0.717) is 30.0 Å². The fraction of sp³-hybridized carbons (Fsp3) is 0.364. The van der Waals surface area contributed by atoms with Crippen molar-refractivity contribution < 1.29 is 9.00 Å². The summed E-state index contributed by atoms with van der Waals surface area (Å²) >= 11 is 3.27. The van der Waals surface area contributed by atoms with Gasteiger partial charge in [0, 0.05) is 45.1 Å². The number of amides is 1. The molecule has 3 N–H and O–H groups in total. The summed E-state index contributed by atoms with van der Waals surface area (Å²) in [7, 11) is -0.809. The van der Waals surface area contributed by atoms with Gasteiger partial charge < -0.3 is 11.1 Å². The second-order valence-electron chi connectivity index (χ2n) is 3.62. The highest BCUT2D eigenvalue weighted by Gasteiger charge is 2.06. The molecule has 1 unspecified atom stereocenters. The van der Waals surface area contributed by atoms with Gasteiger partial charge in [-0.1, -0.05) is 0 Å². The highest BCUT2D eigenvalue weighted by Crippen LogP contribution is 2.19. The van der Waals surface area contributed by atoms with Crippen molar-refractivity contribution in [3.8, 4) is 0 Å². The number of nitrogens with two attached hydrogens (primary N) is 1. The minimum Gasteiger partial charge on any atom is -0.398 e. The topological polar surface area (TPSA) is 72.2 Å². The Morgan fingerprint density at radius 1 is 1.53 bits per heavy atom. The van der Waals surface area contributed by atoms with E-state index in [1.807, 2.05) is 0 Å². The average molecular weight is 319 g/mol. The molecule has 0 aliphatic rings. The molecule has 0 fully saturated rings. The van der Waals surface area contributed by atoms with Crippen LogP contribution in [0.4, 0.5) is 5.69 Å². The molecule has 0 saturated heterocycles. The number of nitrogens with one attached hydrogen (secondary N) is 1. The summed E-state index contributed by atoms with van der Waals surface area (Å²) in [5, 5.41) is 2.76. The summed E-state index contributed by atoms with van der Waals surface area (Å²) in [4.78, 5) is 11.7. The molecule has 0 spiro atoms. The third kappa shape index (κ3) is 4.87. The third-order valence-corrected chi connectivity index (χ3v) is 3.74. The van der Waals surface area contributed by atoms with Crippen LogP contribution in [0.2, 0.25) is 0 Å². The van der Waals surface area contributed by atoms with Gasteiger partial charge in [0.1, 0.15) is 0 Å². The van der Waals surface area contributed by atoms with Gasteiger partial charge >= 0.3 is 0 Å². The Hall–Kier alpha value is -0.880. The first kappa shape index (κ1) is 14.2. The van der Waals surface area contributed by atoms with Gasteiger partial charge in [-0.2, -0.15) is 0 Å². The predicted octanol–water partition coefficient (Wildman–Crippen LogP) is 1.53. The van der Waals surface area contributed by atoms with E-state index in [1.54, 1.807) is 24.5 Å². The molecule has 1 aromatic rings. The normalized spacial score (nSPS) is 12.1. The Balaban J connectivity index is 2.47. The lowest BCUT2D eigenvalue weighted by Crippen LogP contribution is -2.25. The van der Waals surface area contributed by atoms with E-state index in [1.165, 1.54) is 0 Å². The van der Waals surface area contributed by atoms with Crippen molar-refractivity contribution in [2.24, 2.45) is 0 Å². The fourth-order valence-corrected chi connectivity index (χ4v) is 2.06. The van der Waals surface area contributed by atoms with Gasteiger partial charge in [0.05, 0.1) is 0 Å². The van der Waals surface area contributed by atoms with Gasteiger partial charge in [-0.15, -0.1) is 0 Å². The SMILES string of the molecule is CS(=O)CCCNC(=O)c1ccc(Br)c(N)c1. The minimum absolute atomic E-state index is 0.161. The van der Waals surface area contributed by atoms with Gasteiger partial charge in [-0.05, 0) is 40.5 Å². The van der Waals surface area contributed by atoms with Crippen molar-refractivity contribution in [1.82, 2.24) is 5.32 Å². The summed E-state index contributed by atoms with van der Waals surface area (Å²) < 4.78 is 11.6. The lowest BCUT2D eigenvalue weighted by atomic mass is 10.2. The van der Waals surface area contributed by atoms with Crippen LogP contribution in [0.1, 0.15) is 16.8 Å². The maximum Gasteiger partial charge on any atom is 0.251 e. The predicted molar refractivity (Wildman–Crippen MR) is 74.4 cm³/mol. The molecular formula is C11H15BrN2O2S. The number of hydrogen-bond acceptors (Lipinski definition) is 3. The number of carbonyl (C=O) groups excluding carboxylic acids is 1. The summed E-state index contributed by atoms with van der Waals surface area (Å²) in [6, 6.07) is 5.07. The number of benzene rings is 1. The number of hydrogen-bond donors (Lipinski definition) is 2. The van der Waals surface area contributed by atoms with E-state index in [0.717, 1.165) is 4.47 Å². The maximum absolute atomic E-state index is 11.7. The monoisotopic (exact) mass is 318 g/mol. The van der Waals surface area contributed by atoms with Crippen LogP contribution in [0.15, 0.2) is 22.7 Å². The molecule has 0 heterocycles. The molecule has 6 heteroatoms. The molecule has 0 aromatic heterocycles. The molecule has 1 aromatic carbocycles. The second-order valence-corrected chi connectivity index (χ2v) is 6.03. The number of nitrogen functional groups attached to an aromatic ring is 1. The summed E-state index contributed by atoms with van der Waals surface area (Å²) in [6.07, 6.45) is 2.36. The van der Waals surface area contributed by atoms with Crippen LogP contribution >= 0.6 is 15.9 Å². The minimum atomic E-state index is -0.809. The van der Waals surface area contributed by atoms with Gasteiger partial charge in [-0.25, -0.2) is 0 Å². The molecule has 1 atom stereocenters. The summed E-state index contributed by atoms with van der Waals surface area (Å²) in [5.41, 5.74) is 6.75. The van der Waals surface area contributed by atoms with Crippen LogP contribution in [0.5, 0.6) is 0 Å². The van der Waals surface area contributed by atoms with Gasteiger partial charge in [-0.3, -0.25) is 9.00 Å². The first-order chi connectivity index (χ1) is 8.00. The molecule has 1 rings (SSSR count). The van der Waals surface area contributed by atoms with Crippen LogP contribution < -0.4 is 11.1 Å². The van der Waals surface area contributed by atoms with E-state index in [9.17, 15) is 9.00 Å². The Bertz CT molecular complexity index is 437. The van der Waals surface area contributed by atoms with Gasteiger partial charge in [0.25, 0.3) is 5.91 Å². The molecule has 17 heavy (non-hydrogen) atoms. The van der Waals surface area contributed by atoms with E-state index in [2.05, 4.69) is 21.2 Å². The Labute approximate surface area is 112 Å². The van der Waals surface area contributed by atoms with Crippen molar-refractivity contribution in [3.63, 3.8) is 0 Å². The van der Waals surface area contributed by atoms with Crippen molar-refractivity contribution in [1.29, 1.82) is 0 Å². The van der Waals surface area contributed by atoms with Crippen LogP contribution in [-0.4, -0.2) is 28.7 Å². The highest BCUT2D eigenvalue weighted by molar-refractivity contribution is 9.10. The molecule has 0 saturated carbocycles. The van der Waals surface area contributed by atoms with Crippen LogP contribution in [0, 0.1) is 0 Å². The van der Waals surface area contributed by atoms with Gasteiger partial charge in [0.15, 0.2) is 0 Å². The van der Waals surface area contributed by atoms with Crippen LogP contribution in [0.25, 0.3) is 0 Å². The zero-order valence-electron chi connectivity index (χ0n) is 9.53. The largest absolute Gasteiger partial charge is 0.398 e.